The largest absolute Gasteiger partial charge is 0.389 e. The number of thiazole rings is 1. The number of pyridine rings is 1. The lowest BCUT2D eigenvalue weighted by Crippen LogP contribution is -2.40. The topological polar surface area (TPSA) is 95.4 Å². The van der Waals surface area contributed by atoms with Crippen LogP contribution in [0.2, 0.25) is 0 Å². The van der Waals surface area contributed by atoms with Crippen molar-refractivity contribution in [2.75, 3.05) is 11.9 Å². The Morgan fingerprint density at radius 2 is 2.03 bits per heavy atom. The molecule has 29 heavy (non-hydrogen) atoms. The molecule has 2 aliphatic rings. The lowest BCUT2D eigenvalue weighted by Gasteiger charge is -2.34. The van der Waals surface area contributed by atoms with Gasteiger partial charge in [0, 0.05) is 24.3 Å². The summed E-state index contributed by atoms with van der Waals surface area (Å²) < 4.78 is 0. The molecule has 0 radical (unpaired) electrons. The quantitative estimate of drug-likeness (QED) is 0.780. The Balaban J connectivity index is 1.41. The molecule has 3 heterocycles. The van der Waals surface area contributed by atoms with Crippen LogP contribution in [0.4, 0.5) is 5.13 Å². The van der Waals surface area contributed by atoms with Crippen LogP contribution in [0.3, 0.4) is 0 Å². The van der Waals surface area contributed by atoms with Crippen LogP contribution < -0.4 is 5.32 Å². The molecule has 2 amide bonds. The van der Waals surface area contributed by atoms with Crippen LogP contribution in [-0.2, 0) is 4.79 Å². The molecule has 1 aliphatic heterocycles. The molecule has 8 heteroatoms. The molecule has 2 aromatic rings. The number of anilines is 1. The van der Waals surface area contributed by atoms with Crippen LogP contribution in [0.5, 0.6) is 0 Å². The Morgan fingerprint density at radius 1 is 1.21 bits per heavy atom. The van der Waals surface area contributed by atoms with Crippen molar-refractivity contribution in [1.82, 2.24) is 14.9 Å². The molecule has 4 rings (SSSR count). The van der Waals surface area contributed by atoms with Crippen LogP contribution in [0, 0.1) is 0 Å². The van der Waals surface area contributed by atoms with Gasteiger partial charge in [0.1, 0.15) is 0 Å². The van der Waals surface area contributed by atoms with Crippen molar-refractivity contribution in [2.24, 2.45) is 0 Å². The fourth-order valence-electron chi connectivity index (χ4n) is 4.33. The van der Waals surface area contributed by atoms with Crippen molar-refractivity contribution in [3.8, 4) is 0 Å². The molecule has 0 spiro atoms. The highest BCUT2D eigenvalue weighted by Gasteiger charge is 2.37. The lowest BCUT2D eigenvalue weighted by molar-refractivity contribution is -0.138. The van der Waals surface area contributed by atoms with Crippen molar-refractivity contribution >= 4 is 28.3 Å². The van der Waals surface area contributed by atoms with E-state index in [0.717, 1.165) is 37.8 Å². The van der Waals surface area contributed by atoms with Crippen molar-refractivity contribution in [1.29, 1.82) is 0 Å². The van der Waals surface area contributed by atoms with Gasteiger partial charge < -0.3 is 10.0 Å². The normalized spacial score (nSPS) is 21.1. The van der Waals surface area contributed by atoms with Crippen molar-refractivity contribution in [2.45, 2.75) is 63.0 Å². The van der Waals surface area contributed by atoms with E-state index in [1.165, 1.54) is 11.3 Å². The monoisotopic (exact) mass is 414 g/mol. The maximum absolute atomic E-state index is 12.9. The standard InChI is InChI=1S/C21H26N4O3S/c26-18(13-21(28)8-2-1-3-9-21)25-11-4-5-17(25)16-7-6-15(14-23-16)19(27)24-20-22-10-12-29-20/h6-7,10,12,14,17,28H,1-5,8-9,11,13H2,(H,22,24,27)/t17-/m0/s1. The summed E-state index contributed by atoms with van der Waals surface area (Å²) in [6.45, 7) is 0.688. The molecule has 2 N–H and O–H groups in total. The molecule has 1 aliphatic carbocycles. The maximum Gasteiger partial charge on any atom is 0.259 e. The molecule has 0 bridgehead atoms. The predicted octanol–water partition coefficient (Wildman–Crippen LogP) is 3.54. The van der Waals surface area contributed by atoms with Crippen LogP contribution in [0.1, 0.15) is 73.5 Å². The number of nitrogens with zero attached hydrogens (tertiary/aromatic N) is 3. The zero-order valence-corrected chi connectivity index (χ0v) is 17.2. The Kier molecular flexibility index (Phi) is 5.91. The average molecular weight is 415 g/mol. The maximum atomic E-state index is 12.9. The van der Waals surface area contributed by atoms with E-state index >= 15 is 0 Å². The van der Waals surface area contributed by atoms with Gasteiger partial charge in [-0.1, -0.05) is 19.3 Å². The van der Waals surface area contributed by atoms with Gasteiger partial charge >= 0.3 is 0 Å². The first-order chi connectivity index (χ1) is 14.0. The summed E-state index contributed by atoms with van der Waals surface area (Å²) in [6.07, 6.45) is 9.66. The summed E-state index contributed by atoms with van der Waals surface area (Å²) in [5, 5.41) is 15.8. The van der Waals surface area contributed by atoms with Gasteiger partial charge in [0.15, 0.2) is 5.13 Å². The second kappa shape index (κ2) is 8.59. The van der Waals surface area contributed by atoms with E-state index in [0.29, 0.717) is 30.1 Å². The Bertz CT molecular complexity index is 847. The Morgan fingerprint density at radius 3 is 2.72 bits per heavy atom. The number of carbonyl (C=O) groups is 2. The molecular formula is C21H26N4O3S. The first-order valence-corrected chi connectivity index (χ1v) is 11.1. The van der Waals surface area contributed by atoms with Crippen LogP contribution in [-0.4, -0.2) is 43.9 Å². The van der Waals surface area contributed by atoms with Gasteiger partial charge in [-0.05, 0) is 37.8 Å². The number of aromatic nitrogens is 2. The highest BCUT2D eigenvalue weighted by Crippen LogP contribution is 2.35. The molecule has 1 atom stereocenters. The Labute approximate surface area is 174 Å². The smallest absolute Gasteiger partial charge is 0.259 e. The number of aliphatic hydroxyl groups is 1. The molecular weight excluding hydrogens is 388 g/mol. The number of hydrogen-bond donors (Lipinski definition) is 2. The summed E-state index contributed by atoms with van der Waals surface area (Å²) in [6, 6.07) is 3.47. The van der Waals surface area contributed by atoms with E-state index in [-0.39, 0.29) is 24.3 Å². The van der Waals surface area contributed by atoms with E-state index in [4.69, 9.17) is 0 Å². The summed E-state index contributed by atoms with van der Waals surface area (Å²) in [4.78, 5) is 35.6. The summed E-state index contributed by atoms with van der Waals surface area (Å²) in [5.74, 6) is -0.248. The van der Waals surface area contributed by atoms with Crippen molar-refractivity contribution < 1.29 is 14.7 Å². The number of nitrogens with one attached hydrogen (secondary N) is 1. The second-order valence-corrected chi connectivity index (χ2v) is 8.86. The van der Waals surface area contributed by atoms with Crippen molar-refractivity contribution in [3.63, 3.8) is 0 Å². The molecule has 2 fully saturated rings. The number of amides is 2. The second-order valence-electron chi connectivity index (χ2n) is 7.97. The van der Waals surface area contributed by atoms with E-state index in [1.807, 2.05) is 11.0 Å². The molecule has 1 saturated carbocycles. The minimum atomic E-state index is -0.853. The number of carbonyl (C=O) groups excluding carboxylic acids is 2. The molecule has 1 saturated heterocycles. The SMILES string of the molecule is O=C(Nc1nccs1)c1ccc([C@@H]2CCCN2C(=O)CC2(O)CCCCC2)nc1. The molecule has 0 unspecified atom stereocenters. The zero-order chi connectivity index (χ0) is 20.3. The fraction of sp³-hybridized carbons (Fsp3) is 0.524. The average Bonchev–Trinajstić information content (AvgIpc) is 3.40. The summed E-state index contributed by atoms with van der Waals surface area (Å²) >= 11 is 1.36. The van der Waals surface area contributed by atoms with Crippen LogP contribution >= 0.6 is 11.3 Å². The van der Waals surface area contributed by atoms with E-state index in [9.17, 15) is 14.7 Å². The number of likely N-dealkylation sites (tertiary alicyclic amines) is 1. The number of rotatable bonds is 5. The number of hydrogen-bond acceptors (Lipinski definition) is 6. The van der Waals surface area contributed by atoms with Gasteiger partial charge in [-0.3, -0.25) is 19.9 Å². The first kappa shape index (κ1) is 20.0. The van der Waals surface area contributed by atoms with Gasteiger partial charge in [-0.2, -0.15) is 0 Å². The van der Waals surface area contributed by atoms with E-state index < -0.39 is 5.60 Å². The summed E-state index contributed by atoms with van der Waals surface area (Å²) in [5.41, 5.74) is 0.391. The minimum Gasteiger partial charge on any atom is -0.389 e. The van der Waals surface area contributed by atoms with Crippen LogP contribution in [0.25, 0.3) is 0 Å². The van der Waals surface area contributed by atoms with E-state index in [2.05, 4.69) is 15.3 Å². The predicted molar refractivity (Wildman–Crippen MR) is 111 cm³/mol. The molecule has 2 aromatic heterocycles. The first-order valence-electron chi connectivity index (χ1n) is 10.2. The summed E-state index contributed by atoms with van der Waals surface area (Å²) in [7, 11) is 0. The third-order valence-corrected chi connectivity index (χ3v) is 6.57. The van der Waals surface area contributed by atoms with Gasteiger partial charge in [0.2, 0.25) is 5.91 Å². The van der Waals surface area contributed by atoms with Gasteiger partial charge in [0.05, 0.1) is 29.3 Å². The van der Waals surface area contributed by atoms with Gasteiger partial charge in [-0.25, -0.2) is 4.98 Å². The van der Waals surface area contributed by atoms with Crippen LogP contribution in [0.15, 0.2) is 29.9 Å². The third kappa shape index (κ3) is 4.64. The highest BCUT2D eigenvalue weighted by molar-refractivity contribution is 7.13. The van der Waals surface area contributed by atoms with Gasteiger partial charge in [0.25, 0.3) is 5.91 Å². The molecule has 7 nitrogen and oxygen atoms in total. The van der Waals surface area contributed by atoms with E-state index in [1.54, 1.807) is 23.8 Å². The molecule has 154 valence electrons. The van der Waals surface area contributed by atoms with Gasteiger partial charge in [-0.15, -0.1) is 11.3 Å². The minimum absolute atomic E-state index is 0.00397. The highest BCUT2D eigenvalue weighted by atomic mass is 32.1. The zero-order valence-electron chi connectivity index (χ0n) is 16.3. The third-order valence-electron chi connectivity index (χ3n) is 5.88. The fourth-order valence-corrected chi connectivity index (χ4v) is 4.86. The lowest BCUT2D eigenvalue weighted by atomic mass is 9.82. The Hall–Kier alpha value is -2.32. The molecule has 0 aromatic carbocycles. The van der Waals surface area contributed by atoms with Crippen molar-refractivity contribution in [3.05, 3.63) is 41.2 Å².